The van der Waals surface area contributed by atoms with Crippen molar-refractivity contribution in [2.24, 2.45) is 0 Å². The van der Waals surface area contributed by atoms with Crippen LogP contribution >= 0.6 is 0 Å². The van der Waals surface area contributed by atoms with E-state index in [4.69, 9.17) is 9.40 Å². The van der Waals surface area contributed by atoms with E-state index >= 15 is 0 Å². The van der Waals surface area contributed by atoms with Crippen LogP contribution in [0.25, 0.3) is 22.2 Å². The van der Waals surface area contributed by atoms with Crippen molar-refractivity contribution in [3.05, 3.63) is 84.3 Å². The molecule has 3 heterocycles. The number of aromatic nitrogens is 1. The van der Waals surface area contributed by atoms with Crippen molar-refractivity contribution in [2.45, 2.75) is 6.42 Å². The Kier molecular flexibility index (Phi) is 4.78. The summed E-state index contributed by atoms with van der Waals surface area (Å²) in [7, 11) is 2.19. The smallest absolute Gasteiger partial charge is 0.152 e. The molecule has 4 nitrogen and oxygen atoms in total. The van der Waals surface area contributed by atoms with Crippen molar-refractivity contribution in [3.8, 4) is 11.1 Å². The highest BCUT2D eigenvalue weighted by atomic mass is 16.3. The number of fused-ring (bicyclic) bond motifs is 1. The maximum absolute atomic E-state index is 5.73. The van der Waals surface area contributed by atoms with Crippen LogP contribution in [0.3, 0.4) is 0 Å². The topological polar surface area (TPSA) is 32.5 Å². The molecule has 0 unspecified atom stereocenters. The van der Waals surface area contributed by atoms with Crippen molar-refractivity contribution in [2.75, 3.05) is 38.1 Å². The van der Waals surface area contributed by atoms with Crippen LogP contribution < -0.4 is 4.90 Å². The van der Waals surface area contributed by atoms with Crippen LogP contribution in [0, 0.1) is 0 Å². The Balaban J connectivity index is 1.36. The SMILES string of the molecule is CN1CCN(c2ccc(Cc3ccc4occ(-c5ccccc5)c4n3)cc2)CC1. The normalized spacial score (nSPS) is 15.1. The van der Waals surface area contributed by atoms with Crippen LogP contribution in [0.1, 0.15) is 11.3 Å². The van der Waals surface area contributed by atoms with Gasteiger partial charge in [0.25, 0.3) is 0 Å². The first-order valence-electron chi connectivity index (χ1n) is 10.2. The number of piperazine rings is 1. The Hall–Kier alpha value is -3.11. The van der Waals surface area contributed by atoms with E-state index in [0.29, 0.717) is 0 Å². The van der Waals surface area contributed by atoms with E-state index in [0.717, 1.165) is 60.5 Å². The third kappa shape index (κ3) is 3.76. The van der Waals surface area contributed by atoms with Gasteiger partial charge in [-0.2, -0.15) is 0 Å². The van der Waals surface area contributed by atoms with Gasteiger partial charge in [0.05, 0.1) is 0 Å². The number of furan rings is 1. The van der Waals surface area contributed by atoms with Gasteiger partial charge in [-0.3, -0.25) is 0 Å². The zero-order valence-corrected chi connectivity index (χ0v) is 16.7. The van der Waals surface area contributed by atoms with Crippen molar-refractivity contribution in [1.82, 2.24) is 9.88 Å². The summed E-state index contributed by atoms with van der Waals surface area (Å²) in [5.41, 5.74) is 7.59. The van der Waals surface area contributed by atoms with Crippen LogP contribution in [0.2, 0.25) is 0 Å². The molecule has 1 aliphatic heterocycles. The minimum absolute atomic E-state index is 0.818. The van der Waals surface area contributed by atoms with Crippen molar-refractivity contribution < 1.29 is 4.42 Å². The zero-order valence-electron chi connectivity index (χ0n) is 16.7. The summed E-state index contributed by atoms with van der Waals surface area (Å²) in [5.74, 6) is 0. The monoisotopic (exact) mass is 383 g/mol. The first-order valence-corrected chi connectivity index (χ1v) is 10.2. The molecule has 2 aromatic heterocycles. The predicted molar refractivity (Wildman–Crippen MR) is 118 cm³/mol. The predicted octanol–water partition coefficient (Wildman–Crippen LogP) is 4.84. The number of benzene rings is 2. The molecule has 1 saturated heterocycles. The summed E-state index contributed by atoms with van der Waals surface area (Å²) in [6.45, 7) is 4.44. The van der Waals surface area contributed by atoms with E-state index in [1.54, 1.807) is 0 Å². The van der Waals surface area contributed by atoms with Crippen molar-refractivity contribution in [3.63, 3.8) is 0 Å². The van der Waals surface area contributed by atoms with Gasteiger partial charge in [0, 0.05) is 49.5 Å². The summed E-state index contributed by atoms with van der Waals surface area (Å²) in [6, 6.07) is 23.3. The molecule has 2 aromatic carbocycles. The molecule has 0 amide bonds. The Morgan fingerprint density at radius 1 is 0.862 bits per heavy atom. The van der Waals surface area contributed by atoms with Gasteiger partial charge in [0.15, 0.2) is 5.58 Å². The second-order valence-corrected chi connectivity index (χ2v) is 7.80. The van der Waals surface area contributed by atoms with E-state index in [1.165, 1.54) is 11.3 Å². The van der Waals surface area contributed by atoms with Gasteiger partial charge in [0.2, 0.25) is 0 Å². The third-order valence-corrected chi connectivity index (χ3v) is 5.75. The maximum Gasteiger partial charge on any atom is 0.152 e. The molecule has 0 saturated carbocycles. The number of pyridine rings is 1. The maximum atomic E-state index is 5.73. The van der Waals surface area contributed by atoms with Gasteiger partial charge in [-0.1, -0.05) is 42.5 Å². The van der Waals surface area contributed by atoms with E-state index in [9.17, 15) is 0 Å². The third-order valence-electron chi connectivity index (χ3n) is 5.75. The average molecular weight is 383 g/mol. The van der Waals surface area contributed by atoms with Crippen LogP contribution in [0.15, 0.2) is 77.4 Å². The summed E-state index contributed by atoms with van der Waals surface area (Å²) in [6.07, 6.45) is 2.62. The highest BCUT2D eigenvalue weighted by Crippen LogP contribution is 2.29. The summed E-state index contributed by atoms with van der Waals surface area (Å²) >= 11 is 0. The lowest BCUT2D eigenvalue weighted by atomic mass is 10.1. The number of rotatable bonds is 4. The van der Waals surface area contributed by atoms with Gasteiger partial charge in [-0.05, 0) is 42.4 Å². The van der Waals surface area contributed by atoms with Gasteiger partial charge < -0.3 is 14.2 Å². The number of nitrogens with zero attached hydrogens (tertiary/aromatic N) is 3. The second kappa shape index (κ2) is 7.72. The fourth-order valence-corrected chi connectivity index (χ4v) is 3.97. The summed E-state index contributed by atoms with van der Waals surface area (Å²) < 4.78 is 5.73. The van der Waals surface area contributed by atoms with Crippen LogP contribution in [-0.4, -0.2) is 43.1 Å². The molecule has 1 aliphatic rings. The molecule has 5 rings (SSSR count). The standard InChI is InChI=1S/C25H25N3O/c1-27-13-15-28(16-14-27)22-10-7-19(8-11-22)17-21-9-12-24-25(26-21)23(18-29-24)20-5-3-2-4-6-20/h2-12,18H,13-17H2,1H3. The van der Waals surface area contributed by atoms with Crippen molar-refractivity contribution in [1.29, 1.82) is 0 Å². The molecule has 0 atom stereocenters. The molecule has 4 aromatic rings. The molecule has 0 aliphatic carbocycles. The molecular formula is C25H25N3O. The molecule has 0 spiro atoms. The highest BCUT2D eigenvalue weighted by Gasteiger charge is 2.14. The molecule has 0 bridgehead atoms. The second-order valence-electron chi connectivity index (χ2n) is 7.80. The summed E-state index contributed by atoms with van der Waals surface area (Å²) in [4.78, 5) is 9.76. The van der Waals surface area contributed by atoms with Gasteiger partial charge in [0.1, 0.15) is 11.8 Å². The number of anilines is 1. The Morgan fingerprint density at radius 2 is 1.62 bits per heavy atom. The first-order chi connectivity index (χ1) is 14.3. The molecule has 0 N–H and O–H groups in total. The van der Waals surface area contributed by atoms with Gasteiger partial charge >= 0.3 is 0 Å². The van der Waals surface area contributed by atoms with Gasteiger partial charge in [-0.15, -0.1) is 0 Å². The first kappa shape index (κ1) is 18.0. The van der Waals surface area contributed by atoms with E-state index in [-0.39, 0.29) is 0 Å². The Bertz CT molecular complexity index is 1090. The minimum Gasteiger partial charge on any atom is -0.462 e. The molecule has 29 heavy (non-hydrogen) atoms. The molecular weight excluding hydrogens is 358 g/mol. The lowest BCUT2D eigenvalue weighted by molar-refractivity contribution is 0.313. The fourth-order valence-electron chi connectivity index (χ4n) is 3.97. The van der Waals surface area contributed by atoms with Crippen LogP contribution in [0.4, 0.5) is 5.69 Å². The zero-order chi connectivity index (χ0) is 19.6. The quantitative estimate of drug-likeness (QED) is 0.505. The minimum atomic E-state index is 0.818. The highest BCUT2D eigenvalue weighted by molar-refractivity contribution is 5.90. The Morgan fingerprint density at radius 3 is 2.38 bits per heavy atom. The lowest BCUT2D eigenvalue weighted by Crippen LogP contribution is -2.44. The molecule has 0 radical (unpaired) electrons. The largest absolute Gasteiger partial charge is 0.462 e. The van der Waals surface area contributed by atoms with Crippen LogP contribution in [-0.2, 0) is 6.42 Å². The lowest BCUT2D eigenvalue weighted by Gasteiger charge is -2.34. The number of hydrogen-bond acceptors (Lipinski definition) is 4. The van der Waals surface area contributed by atoms with Gasteiger partial charge in [-0.25, -0.2) is 4.98 Å². The van der Waals surface area contributed by atoms with Crippen molar-refractivity contribution >= 4 is 16.8 Å². The molecule has 4 heteroatoms. The molecule has 1 fully saturated rings. The van der Waals surface area contributed by atoms with Crippen LogP contribution in [0.5, 0.6) is 0 Å². The average Bonchev–Trinajstić information content (AvgIpc) is 3.19. The molecule has 146 valence electrons. The number of likely N-dealkylation sites (N-methyl/N-ethyl adjacent to an activating group) is 1. The fraction of sp³-hybridized carbons (Fsp3) is 0.240. The van der Waals surface area contributed by atoms with E-state index < -0.39 is 0 Å². The number of hydrogen-bond donors (Lipinski definition) is 0. The van der Waals surface area contributed by atoms with E-state index in [2.05, 4.69) is 59.3 Å². The van der Waals surface area contributed by atoms with E-state index in [1.807, 2.05) is 30.5 Å². The Labute approximate surface area is 171 Å². The summed E-state index contributed by atoms with van der Waals surface area (Å²) in [5, 5.41) is 0.